The Morgan fingerprint density at radius 3 is 1.77 bits per heavy atom. The van der Waals surface area contributed by atoms with Crippen LogP contribution in [0.25, 0.3) is 16.8 Å². The lowest BCUT2D eigenvalue weighted by Crippen LogP contribution is -2.47. The fourth-order valence-electron chi connectivity index (χ4n) is 3.83. The van der Waals surface area contributed by atoms with Gasteiger partial charge in [0.2, 0.25) is 5.88 Å². The lowest BCUT2D eigenvalue weighted by atomic mass is 10.1. The third-order valence-electron chi connectivity index (χ3n) is 5.52. The number of ether oxygens (including phenoxy) is 1. The number of benzene rings is 2. The Bertz CT molecular complexity index is 1300. The second-order valence-corrected chi connectivity index (χ2v) is 12.0. The van der Waals surface area contributed by atoms with E-state index in [0.717, 1.165) is 62.5 Å². The van der Waals surface area contributed by atoms with Crippen LogP contribution in [0.5, 0.6) is 5.88 Å². The Morgan fingerprint density at radius 2 is 1.27 bits per heavy atom. The van der Waals surface area contributed by atoms with Crippen LogP contribution in [0.2, 0.25) is 0 Å². The van der Waals surface area contributed by atoms with Gasteiger partial charge in [0.25, 0.3) is 20.2 Å². The first-order valence-corrected chi connectivity index (χ1v) is 16.3. The number of para-hydroxylation sites is 1. The summed E-state index contributed by atoms with van der Waals surface area (Å²) in [6.07, 6.45) is 4.44. The van der Waals surface area contributed by atoms with Crippen molar-refractivity contribution in [3.05, 3.63) is 66.9 Å². The fraction of sp³-hybridized carbons (Fsp3) is 0.423. The number of nitrogens with zero attached hydrogens (tertiary/aromatic N) is 4. The molecule has 0 bridgehead atoms. The summed E-state index contributed by atoms with van der Waals surface area (Å²) in [5.41, 5.74) is 3.14. The van der Waals surface area contributed by atoms with Crippen LogP contribution in [-0.2, 0) is 20.2 Å². The van der Waals surface area contributed by atoms with Crippen LogP contribution in [0.1, 0.15) is 6.42 Å². The summed E-state index contributed by atoms with van der Waals surface area (Å²) in [6.45, 7) is 6.85. The fourth-order valence-corrected chi connectivity index (χ4v) is 3.83. The van der Waals surface area contributed by atoms with Crippen molar-refractivity contribution in [2.75, 3.05) is 65.0 Å². The van der Waals surface area contributed by atoms with Crippen molar-refractivity contribution in [2.45, 2.75) is 6.42 Å². The number of rotatable bonds is 9. The Balaban J connectivity index is 0.000000482. The molecule has 0 spiro atoms. The summed E-state index contributed by atoms with van der Waals surface area (Å²) in [5, 5.41) is 13.8. The lowest BCUT2D eigenvalue weighted by Gasteiger charge is -2.34. The summed E-state index contributed by atoms with van der Waals surface area (Å²) >= 11 is 0. The Morgan fingerprint density at radius 1 is 0.800 bits per heavy atom. The lowest BCUT2D eigenvalue weighted by molar-refractivity contribution is 0.108. The maximum Gasteiger partial charge on any atom is 0.261 e. The minimum atomic E-state index is -3.67. The van der Waals surface area contributed by atoms with Gasteiger partial charge in [0.1, 0.15) is 0 Å². The summed E-state index contributed by atoms with van der Waals surface area (Å²) < 4.78 is 59.8. The molecule has 12 nitrogen and oxygen atoms in total. The van der Waals surface area contributed by atoms with Gasteiger partial charge in [-0.1, -0.05) is 48.5 Å². The largest absolute Gasteiger partial charge is 0.476 e. The van der Waals surface area contributed by atoms with E-state index in [4.69, 9.17) is 24.0 Å². The average molecular weight is 599 g/mol. The molecule has 3 aromatic rings. The molecule has 2 heterocycles. The zero-order valence-electron chi connectivity index (χ0n) is 22.7. The number of hydrogen-bond acceptors (Lipinski definition) is 9. The quantitative estimate of drug-likeness (QED) is 0.244. The molecule has 0 atom stereocenters. The number of hydrogen-bond donors (Lipinski definition) is 3. The van der Waals surface area contributed by atoms with E-state index >= 15 is 0 Å². The van der Waals surface area contributed by atoms with Gasteiger partial charge in [-0.05, 0) is 24.1 Å². The van der Waals surface area contributed by atoms with Crippen molar-refractivity contribution in [2.24, 2.45) is 0 Å². The number of piperazine rings is 1. The van der Waals surface area contributed by atoms with E-state index in [1.807, 2.05) is 59.4 Å². The molecule has 222 valence electrons. The second-order valence-electron chi connectivity index (χ2n) is 9.07. The van der Waals surface area contributed by atoms with Gasteiger partial charge in [-0.25, -0.2) is 4.68 Å². The molecule has 1 aliphatic rings. The number of aliphatic hydroxyl groups excluding tert-OH is 1. The Labute approximate surface area is 236 Å². The van der Waals surface area contributed by atoms with Crippen molar-refractivity contribution in [1.82, 2.24) is 19.6 Å². The number of β-amino-alcohol motifs (C(OH)–C–C–N with tert-alkyl or cyclic N) is 1. The maximum atomic E-state index is 9.19. The van der Waals surface area contributed by atoms with E-state index in [2.05, 4.69) is 21.9 Å². The van der Waals surface area contributed by atoms with Crippen LogP contribution in [0.3, 0.4) is 0 Å². The molecule has 14 heteroatoms. The molecule has 1 saturated heterocycles. The minimum absolute atomic E-state index is 0.243. The van der Waals surface area contributed by atoms with Gasteiger partial charge in [0.05, 0.1) is 37.0 Å². The third kappa shape index (κ3) is 14.5. The molecule has 2 aromatic carbocycles. The zero-order chi connectivity index (χ0) is 29.6. The Hall–Kier alpha value is -2.85. The molecule has 1 aromatic heterocycles. The van der Waals surface area contributed by atoms with Crippen LogP contribution in [0.15, 0.2) is 66.9 Å². The van der Waals surface area contributed by atoms with Crippen molar-refractivity contribution >= 4 is 20.2 Å². The van der Waals surface area contributed by atoms with E-state index in [0.29, 0.717) is 25.0 Å². The first kappa shape index (κ1) is 33.4. The van der Waals surface area contributed by atoms with Crippen LogP contribution in [0, 0.1) is 0 Å². The van der Waals surface area contributed by atoms with E-state index < -0.39 is 20.2 Å². The van der Waals surface area contributed by atoms with Gasteiger partial charge in [-0.2, -0.15) is 16.8 Å². The van der Waals surface area contributed by atoms with Gasteiger partial charge in [0, 0.05) is 45.5 Å². The monoisotopic (exact) mass is 598 g/mol. The van der Waals surface area contributed by atoms with Crippen molar-refractivity contribution in [1.29, 1.82) is 0 Å². The van der Waals surface area contributed by atoms with Crippen LogP contribution < -0.4 is 4.74 Å². The minimum Gasteiger partial charge on any atom is -0.476 e. The van der Waals surface area contributed by atoms with E-state index in [1.165, 1.54) is 0 Å². The molecule has 1 fully saturated rings. The van der Waals surface area contributed by atoms with Gasteiger partial charge in [-0.15, -0.1) is 5.10 Å². The standard InChI is InChI=1S/C24H30N4O2.2CH4O3S/c29-18-17-27-15-13-26(14-16-27)12-7-19-30-24-23(21-8-3-1-4-9-21)20-28(25-24)22-10-5-2-6-11-22;2*1-5(2,3)4/h1-6,8-11,20,29H,7,12-19H2;2*1H3,(H,2,3,4). The van der Waals surface area contributed by atoms with Crippen molar-refractivity contribution < 1.29 is 35.8 Å². The highest BCUT2D eigenvalue weighted by Crippen LogP contribution is 2.30. The molecule has 0 radical (unpaired) electrons. The van der Waals surface area contributed by atoms with Crippen LogP contribution in [0.4, 0.5) is 0 Å². The molecule has 0 unspecified atom stereocenters. The SMILES string of the molecule is CS(=O)(=O)O.CS(=O)(=O)O.OCCN1CCN(CCCOc2nn(-c3ccccc3)cc2-c2ccccc2)CC1. The smallest absolute Gasteiger partial charge is 0.261 e. The van der Waals surface area contributed by atoms with Gasteiger partial charge in [0.15, 0.2) is 0 Å². The molecular weight excluding hydrogens is 560 g/mol. The molecule has 0 aliphatic carbocycles. The predicted molar refractivity (Wildman–Crippen MR) is 154 cm³/mol. The first-order valence-electron chi connectivity index (χ1n) is 12.6. The highest BCUT2D eigenvalue weighted by atomic mass is 32.2. The van der Waals surface area contributed by atoms with E-state index in [9.17, 15) is 16.8 Å². The van der Waals surface area contributed by atoms with Crippen LogP contribution >= 0.6 is 0 Å². The molecule has 0 saturated carbocycles. The zero-order valence-corrected chi connectivity index (χ0v) is 24.3. The predicted octanol–water partition coefficient (Wildman–Crippen LogP) is 1.93. The second kappa shape index (κ2) is 16.4. The molecule has 0 amide bonds. The van der Waals surface area contributed by atoms with Gasteiger partial charge >= 0.3 is 0 Å². The average Bonchev–Trinajstić information content (AvgIpc) is 3.31. The topological polar surface area (TPSA) is 162 Å². The highest BCUT2D eigenvalue weighted by molar-refractivity contribution is 7.85. The Kier molecular flexibility index (Phi) is 13.7. The summed E-state index contributed by atoms with van der Waals surface area (Å²) in [7, 11) is -7.33. The van der Waals surface area contributed by atoms with Crippen molar-refractivity contribution in [3.63, 3.8) is 0 Å². The molecule has 1 aliphatic heterocycles. The number of aromatic nitrogens is 2. The van der Waals surface area contributed by atoms with E-state index in [1.54, 1.807) is 0 Å². The third-order valence-corrected chi connectivity index (χ3v) is 5.52. The molecule has 3 N–H and O–H groups in total. The van der Waals surface area contributed by atoms with Gasteiger partial charge in [-0.3, -0.25) is 14.0 Å². The summed E-state index contributed by atoms with van der Waals surface area (Å²) in [4.78, 5) is 4.78. The molecule has 40 heavy (non-hydrogen) atoms. The molecule has 4 rings (SSSR count). The first-order chi connectivity index (χ1) is 18.8. The van der Waals surface area contributed by atoms with Gasteiger partial charge < -0.3 is 14.7 Å². The number of aliphatic hydroxyl groups is 1. The molecular formula is C26H38N4O8S2. The summed E-state index contributed by atoms with van der Waals surface area (Å²) in [5.74, 6) is 0.679. The highest BCUT2D eigenvalue weighted by Gasteiger charge is 2.17. The normalized spacial score (nSPS) is 14.4. The summed E-state index contributed by atoms with van der Waals surface area (Å²) in [6, 6.07) is 20.4. The van der Waals surface area contributed by atoms with E-state index in [-0.39, 0.29) is 6.61 Å². The maximum absolute atomic E-state index is 9.19. The van der Waals surface area contributed by atoms with Crippen molar-refractivity contribution in [3.8, 4) is 22.7 Å². The van der Waals surface area contributed by atoms with Crippen LogP contribution in [-0.4, -0.2) is 116 Å².